The fourth-order valence-electron chi connectivity index (χ4n) is 1.76. The smallest absolute Gasteiger partial charge is 0.222 e. The number of nitrogen functional groups attached to an aromatic ring is 1. The van der Waals surface area contributed by atoms with Gasteiger partial charge in [-0.1, -0.05) is 23.4 Å². The van der Waals surface area contributed by atoms with Crippen molar-refractivity contribution < 1.29 is 4.52 Å². The number of benzene rings is 1. The third kappa shape index (κ3) is 1.32. The molecular formula is C12H9N3O. The molecule has 4 nitrogen and oxygen atoms in total. The van der Waals surface area contributed by atoms with E-state index in [2.05, 4.69) is 10.1 Å². The number of fused-ring (bicyclic) bond motifs is 1. The zero-order valence-electron chi connectivity index (χ0n) is 8.42. The monoisotopic (exact) mass is 211 g/mol. The fourth-order valence-corrected chi connectivity index (χ4v) is 1.76. The minimum absolute atomic E-state index is 0.320. The molecule has 0 spiro atoms. The lowest BCUT2D eigenvalue weighted by Gasteiger charge is -2.01. The van der Waals surface area contributed by atoms with Gasteiger partial charge in [-0.05, 0) is 11.5 Å². The third-order valence-corrected chi connectivity index (χ3v) is 2.49. The second-order valence-corrected chi connectivity index (χ2v) is 3.52. The number of hydrogen-bond acceptors (Lipinski definition) is 4. The highest BCUT2D eigenvalue weighted by Crippen LogP contribution is 2.27. The number of anilines is 1. The molecule has 1 aromatic carbocycles. The molecule has 2 aromatic heterocycles. The van der Waals surface area contributed by atoms with Crippen LogP contribution in [0.5, 0.6) is 0 Å². The van der Waals surface area contributed by atoms with Crippen molar-refractivity contribution in [1.82, 2.24) is 10.1 Å². The molecule has 2 heterocycles. The van der Waals surface area contributed by atoms with Crippen molar-refractivity contribution >= 4 is 16.7 Å². The predicted octanol–water partition coefficient (Wildman–Crippen LogP) is 2.47. The summed E-state index contributed by atoms with van der Waals surface area (Å²) in [5, 5.41) is 6.08. The molecule has 78 valence electrons. The van der Waals surface area contributed by atoms with Crippen LogP contribution in [0.2, 0.25) is 0 Å². The van der Waals surface area contributed by atoms with Gasteiger partial charge in [0.15, 0.2) is 0 Å². The molecule has 0 saturated heterocycles. The van der Waals surface area contributed by atoms with Crippen molar-refractivity contribution in [1.29, 1.82) is 0 Å². The summed E-state index contributed by atoms with van der Waals surface area (Å²) in [6, 6.07) is 9.63. The Balaban J connectivity index is 2.31. The van der Waals surface area contributed by atoms with Crippen LogP contribution in [0, 0.1) is 0 Å². The highest BCUT2D eigenvalue weighted by molar-refractivity contribution is 5.95. The molecule has 0 bridgehead atoms. The van der Waals surface area contributed by atoms with Gasteiger partial charge >= 0.3 is 0 Å². The number of nitrogens with two attached hydrogens (primary N) is 1. The SMILES string of the molecule is Nc1cc(-c2cccc3cnccc23)no1. The molecule has 0 aliphatic heterocycles. The van der Waals surface area contributed by atoms with Crippen molar-refractivity contribution in [2.75, 3.05) is 5.73 Å². The molecule has 0 unspecified atom stereocenters. The van der Waals surface area contributed by atoms with Gasteiger partial charge in [0.2, 0.25) is 5.88 Å². The van der Waals surface area contributed by atoms with E-state index in [0.29, 0.717) is 5.88 Å². The summed E-state index contributed by atoms with van der Waals surface area (Å²) in [4.78, 5) is 4.08. The lowest BCUT2D eigenvalue weighted by atomic mass is 10.0. The zero-order valence-corrected chi connectivity index (χ0v) is 8.42. The number of aromatic nitrogens is 2. The molecule has 0 saturated carbocycles. The van der Waals surface area contributed by atoms with Gasteiger partial charge < -0.3 is 10.3 Å². The van der Waals surface area contributed by atoms with Crippen LogP contribution in [0.4, 0.5) is 5.88 Å². The fraction of sp³-hybridized carbons (Fsp3) is 0. The van der Waals surface area contributed by atoms with Crippen molar-refractivity contribution in [3.63, 3.8) is 0 Å². The van der Waals surface area contributed by atoms with Gasteiger partial charge in [0.1, 0.15) is 5.69 Å². The van der Waals surface area contributed by atoms with E-state index in [4.69, 9.17) is 10.3 Å². The largest absolute Gasteiger partial charge is 0.368 e. The molecule has 0 radical (unpaired) electrons. The molecule has 0 atom stereocenters. The van der Waals surface area contributed by atoms with Crippen molar-refractivity contribution in [2.45, 2.75) is 0 Å². The first-order chi connectivity index (χ1) is 7.84. The molecule has 0 fully saturated rings. The molecule has 3 aromatic rings. The normalized spacial score (nSPS) is 10.8. The minimum atomic E-state index is 0.320. The Labute approximate surface area is 91.7 Å². The molecule has 16 heavy (non-hydrogen) atoms. The van der Waals surface area contributed by atoms with Crippen LogP contribution in [0.3, 0.4) is 0 Å². The molecule has 2 N–H and O–H groups in total. The molecule has 0 aliphatic carbocycles. The molecule has 3 rings (SSSR count). The summed E-state index contributed by atoms with van der Waals surface area (Å²) in [6.45, 7) is 0. The molecule has 4 heteroatoms. The molecule has 0 aliphatic rings. The van der Waals surface area contributed by atoms with E-state index in [0.717, 1.165) is 22.0 Å². The van der Waals surface area contributed by atoms with Crippen LogP contribution >= 0.6 is 0 Å². The van der Waals surface area contributed by atoms with Gasteiger partial charge in [-0.25, -0.2) is 0 Å². The van der Waals surface area contributed by atoms with E-state index >= 15 is 0 Å². The van der Waals surface area contributed by atoms with Crippen LogP contribution in [0.15, 0.2) is 47.2 Å². The first-order valence-electron chi connectivity index (χ1n) is 4.90. The first-order valence-corrected chi connectivity index (χ1v) is 4.90. The third-order valence-electron chi connectivity index (χ3n) is 2.49. The van der Waals surface area contributed by atoms with Crippen LogP contribution in [0.1, 0.15) is 0 Å². The van der Waals surface area contributed by atoms with Crippen LogP contribution < -0.4 is 5.73 Å². The average Bonchev–Trinajstić information content (AvgIpc) is 2.75. The molecular weight excluding hydrogens is 202 g/mol. The lowest BCUT2D eigenvalue weighted by molar-refractivity contribution is 0.439. The van der Waals surface area contributed by atoms with E-state index in [1.807, 2.05) is 30.5 Å². The summed E-state index contributed by atoms with van der Waals surface area (Å²) in [5.74, 6) is 0.320. The second-order valence-electron chi connectivity index (χ2n) is 3.52. The Hall–Kier alpha value is -2.36. The molecule has 0 amide bonds. The van der Waals surface area contributed by atoms with Crippen LogP contribution in [-0.4, -0.2) is 10.1 Å². The summed E-state index contributed by atoms with van der Waals surface area (Å²) < 4.78 is 4.88. The quantitative estimate of drug-likeness (QED) is 0.671. The van der Waals surface area contributed by atoms with Crippen molar-refractivity contribution in [3.05, 3.63) is 42.7 Å². The van der Waals surface area contributed by atoms with Gasteiger partial charge in [0.25, 0.3) is 0 Å². The van der Waals surface area contributed by atoms with Gasteiger partial charge in [0, 0.05) is 29.4 Å². The number of pyridine rings is 1. The summed E-state index contributed by atoms with van der Waals surface area (Å²) in [7, 11) is 0. The predicted molar refractivity (Wildman–Crippen MR) is 61.7 cm³/mol. The summed E-state index contributed by atoms with van der Waals surface area (Å²) >= 11 is 0. The van der Waals surface area contributed by atoms with Gasteiger partial charge in [-0.15, -0.1) is 0 Å². The van der Waals surface area contributed by atoms with Crippen molar-refractivity contribution in [3.8, 4) is 11.3 Å². The standard InChI is InChI=1S/C12H9N3O/c13-12-6-11(15-16-12)10-3-1-2-8-7-14-5-4-9(8)10/h1-7H,13H2. The Morgan fingerprint density at radius 3 is 2.94 bits per heavy atom. The topological polar surface area (TPSA) is 64.9 Å². The van der Waals surface area contributed by atoms with E-state index in [9.17, 15) is 0 Å². The Bertz CT molecular complexity index is 640. The maximum absolute atomic E-state index is 5.52. The van der Waals surface area contributed by atoms with Crippen molar-refractivity contribution in [2.24, 2.45) is 0 Å². The van der Waals surface area contributed by atoms with Crippen LogP contribution in [0.25, 0.3) is 22.0 Å². The highest BCUT2D eigenvalue weighted by atomic mass is 16.5. The zero-order chi connectivity index (χ0) is 11.0. The lowest BCUT2D eigenvalue weighted by Crippen LogP contribution is -1.82. The maximum atomic E-state index is 5.52. The van der Waals surface area contributed by atoms with Gasteiger partial charge in [0.05, 0.1) is 0 Å². The maximum Gasteiger partial charge on any atom is 0.222 e. The van der Waals surface area contributed by atoms with Gasteiger partial charge in [-0.2, -0.15) is 0 Å². The Kier molecular flexibility index (Phi) is 1.86. The highest BCUT2D eigenvalue weighted by Gasteiger charge is 2.07. The van der Waals surface area contributed by atoms with Gasteiger partial charge in [-0.3, -0.25) is 4.98 Å². The summed E-state index contributed by atoms with van der Waals surface area (Å²) in [5.41, 5.74) is 7.26. The number of nitrogens with zero attached hydrogens (tertiary/aromatic N) is 2. The van der Waals surface area contributed by atoms with E-state index in [-0.39, 0.29) is 0 Å². The minimum Gasteiger partial charge on any atom is -0.368 e. The van der Waals surface area contributed by atoms with Crippen LogP contribution in [-0.2, 0) is 0 Å². The summed E-state index contributed by atoms with van der Waals surface area (Å²) in [6.07, 6.45) is 3.58. The average molecular weight is 211 g/mol. The van der Waals surface area contributed by atoms with E-state index in [1.54, 1.807) is 12.3 Å². The van der Waals surface area contributed by atoms with E-state index in [1.165, 1.54) is 0 Å². The Morgan fingerprint density at radius 2 is 2.12 bits per heavy atom. The first kappa shape index (κ1) is 8.91. The second kappa shape index (κ2) is 3.34. The van der Waals surface area contributed by atoms with E-state index < -0.39 is 0 Å². The Morgan fingerprint density at radius 1 is 1.19 bits per heavy atom. The number of rotatable bonds is 1. The number of hydrogen-bond donors (Lipinski definition) is 1.